The summed E-state index contributed by atoms with van der Waals surface area (Å²) in [6.07, 6.45) is 2.77. The van der Waals surface area contributed by atoms with Crippen molar-refractivity contribution in [1.82, 2.24) is 4.98 Å². The van der Waals surface area contributed by atoms with E-state index < -0.39 is 0 Å². The number of carbonyl (C=O) groups is 1. The Balaban J connectivity index is 1.53. The zero-order valence-electron chi connectivity index (χ0n) is 15.3. The molecule has 0 saturated carbocycles. The zero-order valence-corrected chi connectivity index (χ0v) is 15.3. The lowest BCUT2D eigenvalue weighted by Gasteiger charge is -2.24. The second-order valence-corrected chi connectivity index (χ2v) is 6.64. The molecule has 1 aliphatic heterocycles. The van der Waals surface area contributed by atoms with Gasteiger partial charge in [0.25, 0.3) is 5.91 Å². The van der Waals surface area contributed by atoms with Gasteiger partial charge in [0.15, 0.2) is 0 Å². The van der Waals surface area contributed by atoms with Crippen LogP contribution in [0.5, 0.6) is 5.75 Å². The van der Waals surface area contributed by atoms with Crippen molar-refractivity contribution in [3.05, 3.63) is 78.1 Å². The molecule has 0 aliphatic carbocycles. The first-order valence-electron chi connectivity index (χ1n) is 8.94. The molecule has 5 heteroatoms. The number of nitrogens with zero attached hydrogens (tertiary/aromatic N) is 2. The summed E-state index contributed by atoms with van der Waals surface area (Å²) >= 11 is 0. The van der Waals surface area contributed by atoms with Crippen LogP contribution in [0, 0.1) is 0 Å². The average molecular weight is 359 g/mol. The number of carbonyl (C=O) groups excluding carboxylic acids is 1. The summed E-state index contributed by atoms with van der Waals surface area (Å²) in [5.74, 6) is 0.447. The molecule has 27 heavy (non-hydrogen) atoms. The number of nitrogens with one attached hydrogen (secondary N) is 1. The molecular weight excluding hydrogens is 338 g/mol. The van der Waals surface area contributed by atoms with Crippen molar-refractivity contribution in [2.45, 2.75) is 19.4 Å². The molecule has 4 rings (SSSR count). The lowest BCUT2D eigenvalue weighted by Crippen LogP contribution is -2.24. The Hall–Kier alpha value is -3.34. The molecule has 2 aromatic carbocycles. The normalized spacial score (nSPS) is 15.3. The third kappa shape index (κ3) is 3.36. The Morgan fingerprint density at radius 3 is 2.78 bits per heavy atom. The Kier molecular flexibility index (Phi) is 4.50. The van der Waals surface area contributed by atoms with Gasteiger partial charge in [-0.1, -0.05) is 24.3 Å². The van der Waals surface area contributed by atoms with E-state index in [1.54, 1.807) is 25.4 Å². The van der Waals surface area contributed by atoms with Gasteiger partial charge < -0.3 is 15.0 Å². The van der Waals surface area contributed by atoms with Crippen molar-refractivity contribution < 1.29 is 9.53 Å². The number of anilines is 3. The lowest BCUT2D eigenvalue weighted by atomic mass is 10.1. The Morgan fingerprint density at radius 2 is 2.00 bits per heavy atom. The molecule has 136 valence electrons. The van der Waals surface area contributed by atoms with Gasteiger partial charge in [0, 0.05) is 23.5 Å². The molecular formula is C22H21N3O2. The average Bonchev–Trinajstić information content (AvgIpc) is 3.04. The molecule has 1 aliphatic rings. The van der Waals surface area contributed by atoms with Crippen LogP contribution >= 0.6 is 0 Å². The predicted octanol–water partition coefficient (Wildman–Crippen LogP) is 4.43. The highest BCUT2D eigenvalue weighted by molar-refractivity contribution is 6.03. The van der Waals surface area contributed by atoms with E-state index in [-0.39, 0.29) is 5.91 Å². The van der Waals surface area contributed by atoms with Crippen molar-refractivity contribution in [2.75, 3.05) is 17.3 Å². The number of ether oxygens (including phenoxy) is 1. The van der Waals surface area contributed by atoms with Crippen LogP contribution in [0.3, 0.4) is 0 Å². The number of hydrogen-bond donors (Lipinski definition) is 1. The van der Waals surface area contributed by atoms with Gasteiger partial charge in [-0.2, -0.15) is 0 Å². The first-order chi connectivity index (χ1) is 13.2. The number of amides is 1. The van der Waals surface area contributed by atoms with Gasteiger partial charge in [-0.25, -0.2) is 4.98 Å². The summed E-state index contributed by atoms with van der Waals surface area (Å²) in [6.45, 7) is 2.20. The fourth-order valence-electron chi connectivity index (χ4n) is 3.52. The molecule has 0 fully saturated rings. The molecule has 2 heterocycles. The van der Waals surface area contributed by atoms with Gasteiger partial charge in [-0.05, 0) is 49.2 Å². The van der Waals surface area contributed by atoms with E-state index in [2.05, 4.69) is 40.3 Å². The minimum absolute atomic E-state index is 0.246. The molecule has 1 aromatic heterocycles. The fourth-order valence-corrected chi connectivity index (χ4v) is 3.52. The van der Waals surface area contributed by atoms with Gasteiger partial charge in [0.05, 0.1) is 19.0 Å². The van der Waals surface area contributed by atoms with E-state index in [1.807, 2.05) is 30.3 Å². The highest BCUT2D eigenvalue weighted by Crippen LogP contribution is 2.37. The van der Waals surface area contributed by atoms with Crippen molar-refractivity contribution in [1.29, 1.82) is 0 Å². The van der Waals surface area contributed by atoms with Gasteiger partial charge in [0.1, 0.15) is 11.4 Å². The Labute approximate surface area is 158 Å². The molecule has 1 atom stereocenters. The maximum absolute atomic E-state index is 12.5. The maximum Gasteiger partial charge on any atom is 0.274 e. The first kappa shape index (κ1) is 17.1. The van der Waals surface area contributed by atoms with Crippen LogP contribution in [0.4, 0.5) is 17.1 Å². The number of rotatable bonds is 4. The van der Waals surface area contributed by atoms with Crippen molar-refractivity contribution in [3.63, 3.8) is 0 Å². The zero-order chi connectivity index (χ0) is 18.8. The number of fused-ring (bicyclic) bond motifs is 1. The molecule has 0 spiro atoms. The summed E-state index contributed by atoms with van der Waals surface area (Å²) in [4.78, 5) is 19.1. The summed E-state index contributed by atoms with van der Waals surface area (Å²) in [5, 5.41) is 2.85. The van der Waals surface area contributed by atoms with E-state index in [0.717, 1.165) is 12.1 Å². The molecule has 1 N–H and O–H groups in total. The fraction of sp³-hybridized carbons (Fsp3) is 0.182. The van der Waals surface area contributed by atoms with Crippen LogP contribution in [0.25, 0.3) is 0 Å². The summed E-state index contributed by atoms with van der Waals surface area (Å²) < 4.78 is 5.18. The molecule has 0 bridgehead atoms. The molecule has 3 aromatic rings. The molecule has 0 saturated heterocycles. The smallest absolute Gasteiger partial charge is 0.274 e. The van der Waals surface area contributed by atoms with E-state index >= 15 is 0 Å². The molecule has 1 amide bonds. The standard InChI is InChI=1S/C22H21N3O2/c1-15-12-16-6-3-4-9-21(16)25(15)18-10-11-20(23-14-18)22(26)24-17-7-5-8-19(13-17)27-2/h3-11,13-15H,12H2,1-2H3,(H,24,26). The van der Waals surface area contributed by atoms with Crippen LogP contribution in [0.2, 0.25) is 0 Å². The minimum atomic E-state index is -0.246. The number of hydrogen-bond acceptors (Lipinski definition) is 4. The number of para-hydroxylation sites is 1. The van der Waals surface area contributed by atoms with Gasteiger partial charge in [0.2, 0.25) is 0 Å². The van der Waals surface area contributed by atoms with Crippen molar-refractivity contribution in [2.24, 2.45) is 0 Å². The Morgan fingerprint density at radius 1 is 1.15 bits per heavy atom. The SMILES string of the molecule is COc1cccc(NC(=O)c2ccc(N3c4ccccc4CC3C)cn2)c1. The second kappa shape index (κ2) is 7.11. The predicted molar refractivity (Wildman–Crippen MR) is 107 cm³/mol. The summed E-state index contributed by atoms with van der Waals surface area (Å²) in [7, 11) is 1.60. The quantitative estimate of drug-likeness (QED) is 0.749. The lowest BCUT2D eigenvalue weighted by molar-refractivity contribution is 0.102. The third-order valence-corrected chi connectivity index (χ3v) is 4.79. The highest BCUT2D eigenvalue weighted by atomic mass is 16.5. The van der Waals surface area contributed by atoms with E-state index in [9.17, 15) is 4.79 Å². The van der Waals surface area contributed by atoms with Gasteiger partial charge >= 0.3 is 0 Å². The van der Waals surface area contributed by atoms with Gasteiger partial charge in [-0.3, -0.25) is 4.79 Å². The topological polar surface area (TPSA) is 54.5 Å². The van der Waals surface area contributed by atoms with Crippen LogP contribution in [-0.4, -0.2) is 24.0 Å². The van der Waals surface area contributed by atoms with Crippen LogP contribution in [0.1, 0.15) is 23.0 Å². The molecule has 5 nitrogen and oxygen atoms in total. The maximum atomic E-state index is 12.5. The van der Waals surface area contributed by atoms with Crippen molar-refractivity contribution >= 4 is 23.0 Å². The van der Waals surface area contributed by atoms with Crippen LogP contribution in [0.15, 0.2) is 66.9 Å². The number of pyridine rings is 1. The monoisotopic (exact) mass is 359 g/mol. The minimum Gasteiger partial charge on any atom is -0.497 e. The number of methoxy groups -OCH3 is 1. The largest absolute Gasteiger partial charge is 0.497 e. The first-order valence-corrected chi connectivity index (χ1v) is 8.94. The Bertz CT molecular complexity index is 969. The summed E-state index contributed by atoms with van der Waals surface area (Å²) in [6, 6.07) is 19.7. The summed E-state index contributed by atoms with van der Waals surface area (Å²) in [5.41, 5.74) is 4.59. The highest BCUT2D eigenvalue weighted by Gasteiger charge is 2.27. The van der Waals surface area contributed by atoms with E-state index in [4.69, 9.17) is 4.74 Å². The molecule has 1 unspecified atom stereocenters. The van der Waals surface area contributed by atoms with Gasteiger partial charge in [-0.15, -0.1) is 0 Å². The van der Waals surface area contributed by atoms with E-state index in [0.29, 0.717) is 23.2 Å². The van der Waals surface area contributed by atoms with E-state index in [1.165, 1.54) is 11.3 Å². The number of aromatic nitrogens is 1. The van der Waals surface area contributed by atoms with Crippen LogP contribution in [-0.2, 0) is 6.42 Å². The van der Waals surface area contributed by atoms with Crippen LogP contribution < -0.4 is 15.0 Å². The van der Waals surface area contributed by atoms with Crippen molar-refractivity contribution in [3.8, 4) is 5.75 Å². The number of benzene rings is 2. The third-order valence-electron chi connectivity index (χ3n) is 4.79. The second-order valence-electron chi connectivity index (χ2n) is 6.64. The molecule has 0 radical (unpaired) electrons.